The summed E-state index contributed by atoms with van der Waals surface area (Å²) >= 11 is 0. The zero-order valence-corrected chi connectivity index (χ0v) is 16.4. The summed E-state index contributed by atoms with van der Waals surface area (Å²) in [5.74, 6) is 1.00. The van der Waals surface area contributed by atoms with Gasteiger partial charge in [0, 0.05) is 25.7 Å². The van der Waals surface area contributed by atoms with Crippen LogP contribution in [0.15, 0.2) is 29.3 Å². The number of halogens is 1. The molecule has 6 nitrogen and oxygen atoms in total. The Morgan fingerprint density at radius 1 is 1.30 bits per heavy atom. The monoisotopic (exact) mass is 435 g/mol. The van der Waals surface area contributed by atoms with Gasteiger partial charge in [0.2, 0.25) is 0 Å². The van der Waals surface area contributed by atoms with E-state index in [0.717, 1.165) is 11.3 Å². The maximum atomic E-state index is 11.4. The van der Waals surface area contributed by atoms with E-state index in [4.69, 9.17) is 9.47 Å². The third-order valence-corrected chi connectivity index (χ3v) is 3.12. The van der Waals surface area contributed by atoms with Crippen LogP contribution in [0.2, 0.25) is 0 Å². The van der Waals surface area contributed by atoms with Gasteiger partial charge in [0.15, 0.2) is 5.96 Å². The van der Waals surface area contributed by atoms with Crippen molar-refractivity contribution < 1.29 is 14.3 Å². The number of rotatable bonds is 7. The van der Waals surface area contributed by atoms with Crippen LogP contribution in [0.4, 0.5) is 0 Å². The number of nitrogens with zero attached hydrogens (tertiary/aromatic N) is 1. The molecule has 0 radical (unpaired) electrons. The van der Waals surface area contributed by atoms with Crippen molar-refractivity contribution in [1.82, 2.24) is 10.6 Å². The molecule has 1 aromatic carbocycles. The van der Waals surface area contributed by atoms with Gasteiger partial charge in [-0.15, -0.1) is 24.0 Å². The molecule has 0 amide bonds. The van der Waals surface area contributed by atoms with Crippen LogP contribution in [-0.2, 0) is 16.1 Å². The fourth-order valence-electron chi connectivity index (χ4n) is 1.88. The number of carbonyl (C=O) groups is 1. The van der Waals surface area contributed by atoms with Gasteiger partial charge in [-0.3, -0.25) is 9.79 Å². The van der Waals surface area contributed by atoms with E-state index in [1.807, 2.05) is 31.2 Å². The first kappa shape index (κ1) is 21.5. The number of methoxy groups -OCH3 is 1. The number of aliphatic imine (C=N–C) groups is 1. The van der Waals surface area contributed by atoms with Gasteiger partial charge in [-0.2, -0.15) is 0 Å². The lowest BCUT2D eigenvalue weighted by Gasteiger charge is -2.16. The summed E-state index contributed by atoms with van der Waals surface area (Å²) in [5.41, 5.74) is 1.05. The van der Waals surface area contributed by atoms with Crippen LogP contribution < -0.4 is 15.4 Å². The Balaban J connectivity index is 0.00000484. The number of carbonyl (C=O) groups excluding carboxylic acids is 1. The standard InChI is InChI=1S/C16H25N3O3.HI/c1-5-22-14-9-7-6-8-13(14)11-19-16(17-3)18-10-12(2)15(20)21-4;/h6-9,12H,5,10-11H2,1-4H3,(H2,17,18,19);1H. The molecular formula is C16H26IN3O3. The van der Waals surface area contributed by atoms with Crippen LogP contribution in [0.5, 0.6) is 5.75 Å². The Bertz CT molecular complexity index is 509. The molecule has 23 heavy (non-hydrogen) atoms. The van der Waals surface area contributed by atoms with E-state index >= 15 is 0 Å². The van der Waals surface area contributed by atoms with E-state index in [1.165, 1.54) is 7.11 Å². The highest BCUT2D eigenvalue weighted by atomic mass is 127. The number of esters is 1. The molecule has 0 bridgehead atoms. The summed E-state index contributed by atoms with van der Waals surface area (Å²) in [6, 6.07) is 7.85. The van der Waals surface area contributed by atoms with Crippen molar-refractivity contribution in [1.29, 1.82) is 0 Å². The summed E-state index contributed by atoms with van der Waals surface area (Å²) in [6.45, 7) is 5.43. The van der Waals surface area contributed by atoms with E-state index in [9.17, 15) is 4.79 Å². The molecule has 0 saturated carbocycles. The predicted octanol–water partition coefficient (Wildman–Crippen LogP) is 2.18. The van der Waals surface area contributed by atoms with Crippen LogP contribution >= 0.6 is 24.0 Å². The first-order valence-corrected chi connectivity index (χ1v) is 7.35. The smallest absolute Gasteiger partial charge is 0.310 e. The summed E-state index contributed by atoms with van der Waals surface area (Å²) in [6.07, 6.45) is 0. The molecule has 130 valence electrons. The minimum atomic E-state index is -0.246. The summed E-state index contributed by atoms with van der Waals surface area (Å²) < 4.78 is 10.3. The quantitative estimate of drug-likeness (QED) is 0.297. The van der Waals surface area contributed by atoms with Crippen LogP contribution in [0.3, 0.4) is 0 Å². The molecule has 2 N–H and O–H groups in total. The van der Waals surface area contributed by atoms with E-state index in [0.29, 0.717) is 25.7 Å². The van der Waals surface area contributed by atoms with Gasteiger partial charge < -0.3 is 20.1 Å². The van der Waals surface area contributed by atoms with Crippen molar-refractivity contribution >= 4 is 35.9 Å². The third kappa shape index (κ3) is 7.54. The van der Waals surface area contributed by atoms with Crippen molar-refractivity contribution in [2.24, 2.45) is 10.9 Å². The first-order chi connectivity index (χ1) is 10.6. The molecule has 0 aromatic heterocycles. The lowest BCUT2D eigenvalue weighted by atomic mass is 10.2. The van der Waals surface area contributed by atoms with Gasteiger partial charge in [0.25, 0.3) is 0 Å². The Kier molecular flexibility index (Phi) is 11.2. The number of nitrogens with one attached hydrogen (secondary N) is 2. The third-order valence-electron chi connectivity index (χ3n) is 3.12. The molecule has 0 fully saturated rings. The van der Waals surface area contributed by atoms with Gasteiger partial charge >= 0.3 is 5.97 Å². The van der Waals surface area contributed by atoms with Crippen LogP contribution in [-0.4, -0.2) is 39.2 Å². The molecule has 1 atom stereocenters. The fourth-order valence-corrected chi connectivity index (χ4v) is 1.88. The summed E-state index contributed by atoms with van der Waals surface area (Å²) in [7, 11) is 3.07. The maximum Gasteiger partial charge on any atom is 0.310 e. The highest BCUT2D eigenvalue weighted by Gasteiger charge is 2.13. The summed E-state index contributed by atoms with van der Waals surface area (Å²) in [4.78, 5) is 15.5. The van der Waals surface area contributed by atoms with Crippen molar-refractivity contribution in [2.45, 2.75) is 20.4 Å². The summed E-state index contributed by atoms with van der Waals surface area (Å²) in [5, 5.41) is 6.31. The molecule has 1 aromatic rings. The Morgan fingerprint density at radius 3 is 2.61 bits per heavy atom. The molecule has 0 heterocycles. The molecule has 0 aliphatic heterocycles. The molecule has 0 aliphatic carbocycles. The number of benzene rings is 1. The number of para-hydroxylation sites is 1. The van der Waals surface area contributed by atoms with Crippen molar-refractivity contribution in [3.63, 3.8) is 0 Å². The van der Waals surface area contributed by atoms with Gasteiger partial charge in [-0.05, 0) is 13.0 Å². The van der Waals surface area contributed by atoms with Crippen molar-refractivity contribution in [3.8, 4) is 5.75 Å². The number of hydrogen-bond donors (Lipinski definition) is 2. The molecule has 7 heteroatoms. The highest BCUT2D eigenvalue weighted by Crippen LogP contribution is 2.17. The lowest BCUT2D eigenvalue weighted by molar-refractivity contribution is -0.144. The van der Waals surface area contributed by atoms with E-state index < -0.39 is 0 Å². The Labute approximate surface area is 155 Å². The number of hydrogen-bond acceptors (Lipinski definition) is 4. The molecule has 1 rings (SSSR count). The Morgan fingerprint density at radius 2 is 2.00 bits per heavy atom. The number of guanidine groups is 1. The normalized spacial score (nSPS) is 11.9. The first-order valence-electron chi connectivity index (χ1n) is 7.35. The minimum Gasteiger partial charge on any atom is -0.494 e. The zero-order chi connectivity index (χ0) is 16.4. The topological polar surface area (TPSA) is 72.0 Å². The second kappa shape index (κ2) is 12.0. The second-order valence-corrected chi connectivity index (χ2v) is 4.77. The van der Waals surface area contributed by atoms with Gasteiger partial charge in [0.1, 0.15) is 5.75 Å². The number of ether oxygens (including phenoxy) is 2. The SMILES string of the molecule is CCOc1ccccc1CNC(=NC)NCC(C)C(=O)OC.I. The second-order valence-electron chi connectivity index (χ2n) is 4.77. The maximum absolute atomic E-state index is 11.4. The average Bonchev–Trinajstić information content (AvgIpc) is 2.55. The van der Waals surface area contributed by atoms with Crippen molar-refractivity contribution in [2.75, 3.05) is 27.3 Å². The fraction of sp³-hybridized carbons (Fsp3) is 0.500. The van der Waals surface area contributed by atoms with Crippen LogP contribution in [0.1, 0.15) is 19.4 Å². The van der Waals surface area contributed by atoms with Crippen LogP contribution in [0, 0.1) is 5.92 Å². The van der Waals surface area contributed by atoms with Gasteiger partial charge in [-0.1, -0.05) is 25.1 Å². The zero-order valence-electron chi connectivity index (χ0n) is 14.1. The minimum absolute atomic E-state index is 0. The molecule has 0 aliphatic rings. The van der Waals surface area contributed by atoms with Gasteiger partial charge in [0.05, 0.1) is 19.6 Å². The average molecular weight is 435 g/mol. The Hall–Kier alpha value is -1.51. The van der Waals surface area contributed by atoms with Crippen LogP contribution in [0.25, 0.3) is 0 Å². The predicted molar refractivity (Wildman–Crippen MR) is 102 cm³/mol. The molecule has 0 spiro atoms. The lowest BCUT2D eigenvalue weighted by Crippen LogP contribution is -2.40. The molecular weight excluding hydrogens is 409 g/mol. The largest absolute Gasteiger partial charge is 0.494 e. The van der Waals surface area contributed by atoms with Crippen molar-refractivity contribution in [3.05, 3.63) is 29.8 Å². The van der Waals surface area contributed by atoms with E-state index in [1.54, 1.807) is 14.0 Å². The van der Waals surface area contributed by atoms with E-state index in [2.05, 4.69) is 15.6 Å². The molecule has 0 saturated heterocycles. The van der Waals surface area contributed by atoms with E-state index in [-0.39, 0.29) is 35.9 Å². The highest BCUT2D eigenvalue weighted by molar-refractivity contribution is 14.0. The van der Waals surface area contributed by atoms with Gasteiger partial charge in [-0.25, -0.2) is 0 Å². The molecule has 1 unspecified atom stereocenters.